The normalized spacial score (nSPS) is 11.6. The molecule has 2 aromatic carbocycles. The van der Waals surface area contributed by atoms with E-state index in [4.69, 9.17) is 0 Å². The number of rotatable bonds is 7. The monoisotopic (exact) mass is 476 g/mol. The van der Waals surface area contributed by atoms with Gasteiger partial charge in [0, 0.05) is 32.8 Å². The zero-order chi connectivity index (χ0) is 21.1. The van der Waals surface area contributed by atoms with E-state index in [9.17, 15) is 9.18 Å². The summed E-state index contributed by atoms with van der Waals surface area (Å²) in [6.07, 6.45) is 0.982. The third-order valence-corrected chi connectivity index (χ3v) is 6.63. The van der Waals surface area contributed by atoms with Gasteiger partial charge in [-0.25, -0.2) is 4.39 Å². The third-order valence-electron chi connectivity index (χ3n) is 4.85. The summed E-state index contributed by atoms with van der Waals surface area (Å²) in [5.41, 5.74) is 2.50. The van der Waals surface area contributed by atoms with Gasteiger partial charge in [0.15, 0.2) is 0 Å². The second-order valence-electron chi connectivity index (χ2n) is 7.83. The van der Waals surface area contributed by atoms with E-state index in [0.717, 1.165) is 25.2 Å². The van der Waals surface area contributed by atoms with E-state index in [-0.39, 0.29) is 11.7 Å². The molecule has 3 aromatic rings. The van der Waals surface area contributed by atoms with Crippen LogP contribution in [0.2, 0.25) is 0 Å². The Labute approximate surface area is 184 Å². The van der Waals surface area contributed by atoms with Crippen molar-refractivity contribution in [1.29, 1.82) is 0 Å². The number of amides is 1. The first-order chi connectivity index (χ1) is 13.7. The van der Waals surface area contributed by atoms with Crippen molar-refractivity contribution in [1.82, 2.24) is 4.90 Å². The lowest BCUT2D eigenvalue weighted by Crippen LogP contribution is -2.25. The number of carbonyl (C=O) groups is 1. The highest BCUT2D eigenvalue weighted by Crippen LogP contribution is 2.33. The Kier molecular flexibility index (Phi) is 7.09. The summed E-state index contributed by atoms with van der Waals surface area (Å²) in [4.78, 5) is 16.3. The van der Waals surface area contributed by atoms with Crippen LogP contribution >= 0.6 is 27.3 Å². The van der Waals surface area contributed by atoms with Gasteiger partial charge in [-0.1, -0.05) is 13.8 Å². The molecular formula is C23H26BrFN2OS. The first-order valence-corrected chi connectivity index (χ1v) is 11.3. The molecule has 1 heterocycles. The van der Waals surface area contributed by atoms with Crippen LogP contribution in [0.5, 0.6) is 0 Å². The van der Waals surface area contributed by atoms with Gasteiger partial charge in [-0.2, -0.15) is 0 Å². The molecule has 6 heteroatoms. The summed E-state index contributed by atoms with van der Waals surface area (Å²) in [6.45, 7) is 8.71. The highest BCUT2D eigenvalue weighted by atomic mass is 79.9. The molecule has 0 aliphatic rings. The van der Waals surface area contributed by atoms with Gasteiger partial charge in [-0.3, -0.25) is 4.79 Å². The highest BCUT2D eigenvalue weighted by molar-refractivity contribution is 9.10. The SMILES string of the molecule is Cc1sc2ccc(NC(=O)c3ccc(F)cc3Br)cc2c1CCN(C)CC(C)C. The molecule has 1 aromatic heterocycles. The first-order valence-electron chi connectivity index (χ1n) is 9.71. The summed E-state index contributed by atoms with van der Waals surface area (Å²) in [5.74, 6) is 0.00461. The minimum Gasteiger partial charge on any atom is -0.322 e. The average Bonchev–Trinajstić information content (AvgIpc) is 2.93. The number of hydrogen-bond donors (Lipinski definition) is 1. The van der Waals surface area contributed by atoms with Crippen LogP contribution in [0.15, 0.2) is 40.9 Å². The van der Waals surface area contributed by atoms with Crippen molar-refractivity contribution in [3.8, 4) is 0 Å². The van der Waals surface area contributed by atoms with Crippen molar-refractivity contribution in [3.05, 3.63) is 62.7 Å². The fraction of sp³-hybridized carbons (Fsp3) is 0.348. The molecular weight excluding hydrogens is 451 g/mol. The molecule has 0 radical (unpaired) electrons. The molecule has 1 amide bonds. The number of aryl methyl sites for hydroxylation is 1. The van der Waals surface area contributed by atoms with Crippen molar-refractivity contribution in [2.24, 2.45) is 5.92 Å². The van der Waals surface area contributed by atoms with E-state index >= 15 is 0 Å². The number of thiophene rings is 1. The molecule has 29 heavy (non-hydrogen) atoms. The summed E-state index contributed by atoms with van der Waals surface area (Å²) in [6, 6.07) is 10.1. The van der Waals surface area contributed by atoms with E-state index in [1.165, 1.54) is 38.7 Å². The van der Waals surface area contributed by atoms with Gasteiger partial charge in [-0.15, -0.1) is 11.3 Å². The summed E-state index contributed by atoms with van der Waals surface area (Å²) in [5, 5.41) is 4.14. The van der Waals surface area contributed by atoms with Crippen molar-refractivity contribution in [2.45, 2.75) is 27.2 Å². The second-order valence-corrected chi connectivity index (χ2v) is 9.94. The van der Waals surface area contributed by atoms with Crippen LogP contribution in [0, 0.1) is 18.7 Å². The van der Waals surface area contributed by atoms with Crippen LogP contribution in [0.25, 0.3) is 10.1 Å². The summed E-state index contributed by atoms with van der Waals surface area (Å²) < 4.78 is 15.0. The molecule has 0 aliphatic heterocycles. The Bertz CT molecular complexity index is 1030. The summed E-state index contributed by atoms with van der Waals surface area (Å²) >= 11 is 5.05. The van der Waals surface area contributed by atoms with Gasteiger partial charge < -0.3 is 10.2 Å². The zero-order valence-electron chi connectivity index (χ0n) is 17.2. The topological polar surface area (TPSA) is 32.3 Å². The number of likely N-dealkylation sites (N-methyl/N-ethyl adjacent to an activating group) is 1. The maximum atomic E-state index is 13.3. The standard InChI is InChI=1S/C23H26BrFN2OS/c1-14(2)13-27(4)10-9-18-15(3)29-22-8-6-17(12-20(18)22)26-23(28)19-7-5-16(25)11-21(19)24/h5-8,11-12,14H,9-10,13H2,1-4H3,(H,26,28). The predicted octanol–water partition coefficient (Wildman–Crippen LogP) is 6.49. The quantitative estimate of drug-likeness (QED) is 0.422. The minimum atomic E-state index is -0.379. The third kappa shape index (κ3) is 5.44. The molecule has 0 atom stereocenters. The Balaban J connectivity index is 1.80. The average molecular weight is 477 g/mol. The molecule has 3 nitrogen and oxygen atoms in total. The van der Waals surface area contributed by atoms with Crippen molar-refractivity contribution in [3.63, 3.8) is 0 Å². The summed E-state index contributed by atoms with van der Waals surface area (Å²) in [7, 11) is 2.16. The number of halogens is 2. The van der Waals surface area contributed by atoms with Gasteiger partial charge >= 0.3 is 0 Å². The van der Waals surface area contributed by atoms with Gasteiger partial charge in [0.2, 0.25) is 0 Å². The number of fused-ring (bicyclic) bond motifs is 1. The van der Waals surface area contributed by atoms with Crippen LogP contribution in [0.3, 0.4) is 0 Å². The van der Waals surface area contributed by atoms with Crippen LogP contribution in [0.4, 0.5) is 10.1 Å². The molecule has 0 aliphatic carbocycles. The fourth-order valence-electron chi connectivity index (χ4n) is 3.55. The molecule has 0 fully saturated rings. The lowest BCUT2D eigenvalue weighted by molar-refractivity contribution is 0.102. The number of carbonyl (C=O) groups excluding carboxylic acids is 1. The van der Waals surface area contributed by atoms with Crippen LogP contribution < -0.4 is 5.32 Å². The Morgan fingerprint density at radius 3 is 2.69 bits per heavy atom. The molecule has 154 valence electrons. The van der Waals surface area contributed by atoms with Crippen LogP contribution in [-0.2, 0) is 6.42 Å². The predicted molar refractivity (Wildman–Crippen MR) is 125 cm³/mol. The second kappa shape index (κ2) is 9.37. The van der Waals surface area contributed by atoms with Crippen molar-refractivity contribution in [2.75, 3.05) is 25.5 Å². The largest absolute Gasteiger partial charge is 0.322 e. The molecule has 0 saturated carbocycles. The number of nitrogens with one attached hydrogen (secondary N) is 1. The van der Waals surface area contributed by atoms with E-state index in [0.29, 0.717) is 16.0 Å². The van der Waals surface area contributed by atoms with E-state index in [1.54, 1.807) is 11.3 Å². The van der Waals surface area contributed by atoms with Crippen molar-refractivity contribution >= 4 is 48.9 Å². The smallest absolute Gasteiger partial charge is 0.256 e. The number of anilines is 1. The number of benzene rings is 2. The van der Waals surface area contributed by atoms with E-state index in [2.05, 4.69) is 60.0 Å². The Hall–Kier alpha value is -1.76. The molecule has 0 spiro atoms. The molecule has 3 rings (SSSR count). The van der Waals surface area contributed by atoms with Gasteiger partial charge in [0.1, 0.15) is 5.82 Å². The van der Waals surface area contributed by atoms with Gasteiger partial charge in [-0.05, 0) is 89.6 Å². The minimum absolute atomic E-state index is 0.263. The molecule has 0 saturated heterocycles. The first kappa shape index (κ1) is 21.9. The van der Waals surface area contributed by atoms with Crippen molar-refractivity contribution < 1.29 is 9.18 Å². The highest BCUT2D eigenvalue weighted by Gasteiger charge is 2.14. The van der Waals surface area contributed by atoms with Gasteiger partial charge in [0.25, 0.3) is 5.91 Å². The lowest BCUT2D eigenvalue weighted by Gasteiger charge is -2.18. The number of nitrogens with zero attached hydrogens (tertiary/aromatic N) is 1. The Morgan fingerprint density at radius 2 is 2.00 bits per heavy atom. The molecule has 1 N–H and O–H groups in total. The molecule has 0 unspecified atom stereocenters. The maximum absolute atomic E-state index is 13.3. The Morgan fingerprint density at radius 1 is 1.24 bits per heavy atom. The number of hydrogen-bond acceptors (Lipinski definition) is 3. The van der Waals surface area contributed by atoms with Crippen LogP contribution in [0.1, 0.15) is 34.6 Å². The lowest BCUT2D eigenvalue weighted by atomic mass is 10.1. The molecule has 0 bridgehead atoms. The fourth-order valence-corrected chi connectivity index (χ4v) is 5.17. The van der Waals surface area contributed by atoms with Crippen LogP contribution in [-0.4, -0.2) is 30.9 Å². The van der Waals surface area contributed by atoms with E-state index in [1.807, 2.05) is 12.1 Å². The maximum Gasteiger partial charge on any atom is 0.256 e. The zero-order valence-corrected chi connectivity index (χ0v) is 19.6. The van der Waals surface area contributed by atoms with Gasteiger partial charge in [0.05, 0.1) is 5.56 Å². The van der Waals surface area contributed by atoms with E-state index < -0.39 is 0 Å².